The van der Waals surface area contributed by atoms with Crippen molar-refractivity contribution in [2.24, 2.45) is 11.8 Å². The monoisotopic (exact) mass is 423 g/mol. The third-order valence-electron chi connectivity index (χ3n) is 6.99. The zero-order valence-corrected chi connectivity index (χ0v) is 17.9. The minimum absolute atomic E-state index is 0.0278. The smallest absolute Gasteiger partial charge is 0.293 e. The molecule has 0 radical (unpaired) electrons. The van der Waals surface area contributed by atoms with Crippen LogP contribution in [-0.2, 0) is 10.0 Å². The summed E-state index contributed by atoms with van der Waals surface area (Å²) in [6.45, 7) is 4.01. The van der Waals surface area contributed by atoms with Crippen LogP contribution in [0.3, 0.4) is 0 Å². The number of hydrogen-bond acceptors (Lipinski definition) is 5. The average molecular weight is 424 g/mol. The number of anilines is 1. The first-order valence-corrected chi connectivity index (χ1v) is 12.1. The fourth-order valence-electron chi connectivity index (χ4n) is 5.15. The highest BCUT2D eigenvalue weighted by Crippen LogP contribution is 2.40. The predicted octanol–water partition coefficient (Wildman–Crippen LogP) is 1.13. The van der Waals surface area contributed by atoms with Crippen LogP contribution in [0.15, 0.2) is 23.1 Å². The lowest BCUT2D eigenvalue weighted by atomic mass is 9.75. The Labute approximate surface area is 172 Å². The summed E-state index contributed by atoms with van der Waals surface area (Å²) in [5, 5.41) is 11.8. The largest absolute Gasteiger partial charge is 0.366 e. The number of quaternary nitrogens is 1. The van der Waals surface area contributed by atoms with E-state index in [1.54, 1.807) is 12.1 Å². The molecule has 1 aromatic carbocycles. The second-order valence-electron chi connectivity index (χ2n) is 8.81. The van der Waals surface area contributed by atoms with Crippen LogP contribution in [0.2, 0.25) is 0 Å². The molecule has 0 spiro atoms. The Morgan fingerprint density at radius 2 is 1.76 bits per heavy atom. The molecule has 2 aliphatic heterocycles. The Balaban J connectivity index is 1.59. The fraction of sp³-hybridized carbons (Fsp3) is 0.700. The Hall–Kier alpha value is -1.71. The van der Waals surface area contributed by atoms with Crippen LogP contribution < -0.4 is 9.80 Å². The van der Waals surface area contributed by atoms with E-state index in [1.807, 2.05) is 7.05 Å². The molecule has 9 heteroatoms. The molecule has 0 amide bonds. The predicted molar refractivity (Wildman–Crippen MR) is 111 cm³/mol. The molecule has 3 fully saturated rings. The first kappa shape index (κ1) is 20.6. The molecule has 1 aromatic rings. The number of nitro groups is 1. The number of nitrogens with zero attached hydrogens (tertiary/aromatic N) is 3. The maximum absolute atomic E-state index is 13.0. The first-order chi connectivity index (χ1) is 13.9. The van der Waals surface area contributed by atoms with Crippen molar-refractivity contribution in [3.8, 4) is 0 Å². The van der Waals surface area contributed by atoms with E-state index in [0.29, 0.717) is 24.7 Å². The van der Waals surface area contributed by atoms with Gasteiger partial charge in [0.05, 0.1) is 43.0 Å². The molecule has 2 heterocycles. The van der Waals surface area contributed by atoms with Crippen molar-refractivity contribution in [2.45, 2.75) is 37.0 Å². The standard InChI is InChI=1S/C20H30N4O4S/c1-21-10-12-23(13-11-21)29(27,28)18-6-7-19(20(14-18)24(25)26)22-9-8-16-4-2-3-5-17(16)15-22/h6-7,14,16-17H,2-5,8-13,15H2,1H3/p+1/t16-,17+/m0/s1. The molecule has 3 aliphatic rings. The van der Waals surface area contributed by atoms with Crippen LogP contribution in [0.5, 0.6) is 0 Å². The highest BCUT2D eigenvalue weighted by Gasteiger charge is 2.35. The van der Waals surface area contributed by atoms with E-state index in [4.69, 9.17) is 0 Å². The van der Waals surface area contributed by atoms with Gasteiger partial charge in [0.25, 0.3) is 5.69 Å². The molecule has 2 saturated heterocycles. The van der Waals surface area contributed by atoms with Crippen molar-refractivity contribution in [3.05, 3.63) is 28.3 Å². The van der Waals surface area contributed by atoms with Gasteiger partial charge in [0.1, 0.15) is 5.69 Å². The number of fused-ring (bicyclic) bond motifs is 1. The van der Waals surface area contributed by atoms with Crippen molar-refractivity contribution >= 4 is 21.4 Å². The van der Waals surface area contributed by atoms with Crippen molar-refractivity contribution in [3.63, 3.8) is 0 Å². The number of nitro benzene ring substituents is 1. The van der Waals surface area contributed by atoms with Gasteiger partial charge in [-0.05, 0) is 36.8 Å². The Bertz CT molecular complexity index is 867. The van der Waals surface area contributed by atoms with Crippen LogP contribution in [0, 0.1) is 22.0 Å². The quantitative estimate of drug-likeness (QED) is 0.579. The Morgan fingerprint density at radius 3 is 2.45 bits per heavy atom. The average Bonchev–Trinajstić information content (AvgIpc) is 2.73. The number of piperazine rings is 1. The molecule has 4 rings (SSSR count). The maximum atomic E-state index is 13.0. The third-order valence-corrected chi connectivity index (χ3v) is 8.88. The molecule has 1 N–H and O–H groups in total. The summed E-state index contributed by atoms with van der Waals surface area (Å²) in [5.74, 6) is 1.33. The molecule has 1 aliphatic carbocycles. The van der Waals surface area contributed by atoms with Crippen molar-refractivity contribution in [2.75, 3.05) is 51.2 Å². The second-order valence-corrected chi connectivity index (χ2v) is 10.7. The summed E-state index contributed by atoms with van der Waals surface area (Å²) in [6.07, 6.45) is 6.05. The van der Waals surface area contributed by atoms with Crippen LogP contribution in [0.4, 0.5) is 11.4 Å². The number of benzene rings is 1. The number of nitrogens with one attached hydrogen (secondary N) is 1. The molecule has 29 heavy (non-hydrogen) atoms. The summed E-state index contributed by atoms with van der Waals surface area (Å²) in [4.78, 5) is 14.8. The maximum Gasteiger partial charge on any atom is 0.293 e. The zero-order chi connectivity index (χ0) is 20.6. The molecular weight excluding hydrogens is 392 g/mol. The van der Waals surface area contributed by atoms with Gasteiger partial charge in [-0.25, -0.2) is 8.42 Å². The van der Waals surface area contributed by atoms with Crippen molar-refractivity contribution in [1.29, 1.82) is 0 Å². The van der Waals surface area contributed by atoms with Gasteiger partial charge < -0.3 is 9.80 Å². The van der Waals surface area contributed by atoms with E-state index in [1.165, 1.54) is 41.0 Å². The van der Waals surface area contributed by atoms with Gasteiger partial charge >= 0.3 is 0 Å². The van der Waals surface area contributed by atoms with E-state index >= 15 is 0 Å². The lowest BCUT2D eigenvalue weighted by Gasteiger charge is -2.42. The lowest BCUT2D eigenvalue weighted by molar-refractivity contribution is -0.883. The van der Waals surface area contributed by atoms with E-state index in [-0.39, 0.29) is 10.6 Å². The number of hydrogen-bond donors (Lipinski definition) is 1. The molecular formula is C20H31N4O4S+. The third kappa shape index (κ3) is 4.13. The zero-order valence-electron chi connectivity index (χ0n) is 17.0. The summed E-state index contributed by atoms with van der Waals surface area (Å²) in [6, 6.07) is 4.47. The molecule has 2 atom stereocenters. The van der Waals surface area contributed by atoms with E-state index < -0.39 is 14.9 Å². The molecule has 8 nitrogen and oxygen atoms in total. The number of piperidine rings is 1. The van der Waals surface area contributed by atoms with Crippen molar-refractivity contribution in [1.82, 2.24) is 4.31 Å². The van der Waals surface area contributed by atoms with Gasteiger partial charge in [0.2, 0.25) is 10.0 Å². The fourth-order valence-corrected chi connectivity index (χ4v) is 6.62. The van der Waals surface area contributed by atoms with Crippen LogP contribution in [-0.4, -0.2) is 64.0 Å². The van der Waals surface area contributed by atoms with E-state index in [0.717, 1.165) is 38.5 Å². The molecule has 0 aromatic heterocycles. The highest BCUT2D eigenvalue weighted by molar-refractivity contribution is 7.89. The van der Waals surface area contributed by atoms with E-state index in [2.05, 4.69) is 4.90 Å². The number of rotatable bonds is 4. The number of sulfonamides is 1. The summed E-state index contributed by atoms with van der Waals surface area (Å²) in [5.41, 5.74) is 0.459. The SMILES string of the molecule is C[NH+]1CCN(S(=O)(=O)c2ccc(N3CC[C@@H]4CCCC[C@@H]4C3)c([N+](=O)[O-])c2)CC1. The van der Waals surface area contributed by atoms with Crippen molar-refractivity contribution < 1.29 is 18.2 Å². The molecule has 0 bridgehead atoms. The number of likely N-dealkylation sites (N-methyl/N-ethyl adjacent to an activating group) is 1. The van der Waals surface area contributed by atoms with Gasteiger partial charge in [-0.1, -0.05) is 19.3 Å². The van der Waals surface area contributed by atoms with Crippen LogP contribution in [0.25, 0.3) is 0 Å². The topological polar surface area (TPSA) is 88.2 Å². The normalized spacial score (nSPS) is 26.9. The van der Waals surface area contributed by atoms with Gasteiger partial charge in [-0.2, -0.15) is 4.31 Å². The Morgan fingerprint density at radius 1 is 1.07 bits per heavy atom. The summed E-state index contributed by atoms with van der Waals surface area (Å²) >= 11 is 0. The van der Waals surface area contributed by atoms with E-state index in [9.17, 15) is 18.5 Å². The second kappa shape index (κ2) is 8.20. The highest BCUT2D eigenvalue weighted by atomic mass is 32.2. The van der Waals surface area contributed by atoms with Gasteiger partial charge in [0.15, 0.2) is 0 Å². The summed E-state index contributed by atoms with van der Waals surface area (Å²) in [7, 11) is -1.67. The lowest BCUT2D eigenvalue weighted by Crippen LogP contribution is -3.12. The molecule has 1 saturated carbocycles. The van der Waals surface area contributed by atoms with Crippen LogP contribution in [0.1, 0.15) is 32.1 Å². The summed E-state index contributed by atoms with van der Waals surface area (Å²) < 4.78 is 27.5. The molecule has 0 unspecified atom stereocenters. The minimum atomic E-state index is -3.71. The molecule has 160 valence electrons. The van der Waals surface area contributed by atoms with Crippen LogP contribution >= 0.6 is 0 Å². The first-order valence-electron chi connectivity index (χ1n) is 10.7. The van der Waals surface area contributed by atoms with Gasteiger partial charge in [0, 0.05) is 19.2 Å². The van der Waals surface area contributed by atoms with Gasteiger partial charge in [-0.3, -0.25) is 10.1 Å². The van der Waals surface area contributed by atoms with Gasteiger partial charge in [-0.15, -0.1) is 0 Å². The Kier molecular flexibility index (Phi) is 5.81. The minimum Gasteiger partial charge on any atom is -0.366 e.